The number of primary amides is 1. The molecule has 0 atom stereocenters. The Labute approximate surface area is 175 Å². The molecule has 31 heavy (non-hydrogen) atoms. The summed E-state index contributed by atoms with van der Waals surface area (Å²) in [5, 5.41) is 0.743. The van der Waals surface area contributed by atoms with Crippen LogP contribution in [0.4, 0.5) is 17.6 Å². The Morgan fingerprint density at radius 1 is 0.935 bits per heavy atom. The molecule has 0 saturated carbocycles. The van der Waals surface area contributed by atoms with E-state index in [1.807, 2.05) is 18.2 Å². The second-order valence-corrected chi connectivity index (χ2v) is 7.37. The van der Waals surface area contributed by atoms with E-state index in [9.17, 15) is 22.4 Å². The van der Waals surface area contributed by atoms with Gasteiger partial charge in [-0.2, -0.15) is 13.2 Å². The standard InChI is InChI=1S/C24H18F4N2O/c25-20-6-2-4-16(10-20)17-7-8-22-21(11-17)18(12-23(29)31)14-30(22)13-15-3-1-5-19(9-15)24(26,27)28/h1-11,14H,12-13H2,(H2,29,31). The Balaban J connectivity index is 1.78. The number of carbonyl (C=O) groups is 1. The van der Waals surface area contributed by atoms with Gasteiger partial charge in [0.2, 0.25) is 5.91 Å². The molecule has 3 aromatic carbocycles. The second kappa shape index (κ2) is 7.91. The molecule has 0 aliphatic carbocycles. The van der Waals surface area contributed by atoms with Crippen LogP contribution in [0.2, 0.25) is 0 Å². The molecule has 158 valence electrons. The third kappa shape index (κ3) is 4.45. The number of aromatic nitrogens is 1. The topological polar surface area (TPSA) is 48.0 Å². The van der Waals surface area contributed by atoms with Crippen LogP contribution in [0.25, 0.3) is 22.0 Å². The summed E-state index contributed by atoms with van der Waals surface area (Å²) in [5.41, 5.74) is 8.00. The predicted octanol–water partition coefficient (Wildman–Crippen LogP) is 5.54. The van der Waals surface area contributed by atoms with Crippen LogP contribution in [0.1, 0.15) is 16.7 Å². The van der Waals surface area contributed by atoms with Gasteiger partial charge < -0.3 is 10.3 Å². The van der Waals surface area contributed by atoms with Crippen molar-refractivity contribution in [1.82, 2.24) is 4.57 Å². The molecular formula is C24H18F4N2O. The van der Waals surface area contributed by atoms with Crippen LogP contribution in [0.15, 0.2) is 72.9 Å². The molecule has 1 heterocycles. The van der Waals surface area contributed by atoms with Crippen molar-refractivity contribution >= 4 is 16.8 Å². The first-order valence-electron chi connectivity index (χ1n) is 9.53. The predicted molar refractivity (Wildman–Crippen MR) is 111 cm³/mol. The number of nitrogens with zero attached hydrogens (tertiary/aromatic N) is 1. The number of nitrogens with two attached hydrogens (primary N) is 1. The van der Waals surface area contributed by atoms with Crippen LogP contribution in [0.3, 0.4) is 0 Å². The molecule has 0 spiro atoms. The van der Waals surface area contributed by atoms with E-state index in [0.29, 0.717) is 16.7 Å². The van der Waals surface area contributed by atoms with Gasteiger partial charge in [-0.25, -0.2) is 4.39 Å². The minimum Gasteiger partial charge on any atom is -0.369 e. The van der Waals surface area contributed by atoms with Crippen molar-refractivity contribution in [3.05, 3.63) is 95.4 Å². The van der Waals surface area contributed by atoms with Crippen molar-refractivity contribution < 1.29 is 22.4 Å². The number of hydrogen-bond donors (Lipinski definition) is 1. The van der Waals surface area contributed by atoms with E-state index >= 15 is 0 Å². The van der Waals surface area contributed by atoms with E-state index in [-0.39, 0.29) is 18.8 Å². The largest absolute Gasteiger partial charge is 0.416 e. The Hall–Kier alpha value is -3.61. The molecule has 0 aliphatic heterocycles. The fourth-order valence-electron chi connectivity index (χ4n) is 3.72. The van der Waals surface area contributed by atoms with Gasteiger partial charge >= 0.3 is 6.18 Å². The fraction of sp³-hybridized carbons (Fsp3) is 0.125. The highest BCUT2D eigenvalue weighted by Gasteiger charge is 2.30. The van der Waals surface area contributed by atoms with Crippen molar-refractivity contribution in [1.29, 1.82) is 0 Å². The normalized spacial score (nSPS) is 11.7. The number of hydrogen-bond acceptors (Lipinski definition) is 1. The average molecular weight is 426 g/mol. The number of carbonyl (C=O) groups excluding carboxylic acids is 1. The molecule has 0 saturated heterocycles. The van der Waals surface area contributed by atoms with Crippen LogP contribution in [-0.2, 0) is 23.9 Å². The van der Waals surface area contributed by atoms with Crippen molar-refractivity contribution in [3.8, 4) is 11.1 Å². The quantitative estimate of drug-likeness (QED) is 0.419. The van der Waals surface area contributed by atoms with E-state index in [0.717, 1.165) is 28.6 Å². The van der Waals surface area contributed by atoms with E-state index < -0.39 is 17.6 Å². The van der Waals surface area contributed by atoms with Crippen molar-refractivity contribution in [2.45, 2.75) is 19.1 Å². The molecule has 0 radical (unpaired) electrons. The number of rotatable bonds is 5. The highest BCUT2D eigenvalue weighted by atomic mass is 19.4. The number of alkyl halides is 3. The first-order valence-corrected chi connectivity index (χ1v) is 9.53. The number of fused-ring (bicyclic) bond motifs is 1. The lowest BCUT2D eigenvalue weighted by Gasteiger charge is -2.10. The lowest BCUT2D eigenvalue weighted by Crippen LogP contribution is -2.13. The summed E-state index contributed by atoms with van der Waals surface area (Å²) in [6.45, 7) is 0.193. The van der Waals surface area contributed by atoms with E-state index in [1.165, 1.54) is 18.2 Å². The molecule has 1 aromatic heterocycles. The maximum absolute atomic E-state index is 13.6. The van der Waals surface area contributed by atoms with E-state index in [4.69, 9.17) is 5.73 Å². The maximum atomic E-state index is 13.6. The summed E-state index contributed by atoms with van der Waals surface area (Å²) in [4.78, 5) is 11.6. The summed E-state index contributed by atoms with van der Waals surface area (Å²) >= 11 is 0. The first kappa shape index (κ1) is 20.7. The van der Waals surface area contributed by atoms with Crippen molar-refractivity contribution in [2.24, 2.45) is 5.73 Å². The third-order valence-electron chi connectivity index (χ3n) is 5.09. The van der Waals surface area contributed by atoms with Crippen LogP contribution in [0, 0.1) is 5.82 Å². The molecule has 1 amide bonds. The van der Waals surface area contributed by atoms with Crippen LogP contribution in [0.5, 0.6) is 0 Å². The van der Waals surface area contributed by atoms with Gasteiger partial charge in [-0.3, -0.25) is 4.79 Å². The Morgan fingerprint density at radius 3 is 2.39 bits per heavy atom. The molecule has 4 aromatic rings. The molecule has 0 aliphatic rings. The average Bonchev–Trinajstić information content (AvgIpc) is 3.03. The molecule has 2 N–H and O–H groups in total. The molecule has 0 fully saturated rings. The van der Waals surface area contributed by atoms with Gasteiger partial charge in [0.1, 0.15) is 5.82 Å². The van der Waals surface area contributed by atoms with Crippen LogP contribution >= 0.6 is 0 Å². The molecule has 0 bridgehead atoms. The first-order chi connectivity index (χ1) is 14.7. The SMILES string of the molecule is NC(=O)Cc1cn(Cc2cccc(C(F)(F)F)c2)c2ccc(-c3cccc(F)c3)cc12. The highest BCUT2D eigenvalue weighted by Crippen LogP contribution is 2.32. The smallest absolute Gasteiger partial charge is 0.369 e. The molecule has 4 rings (SSSR count). The Morgan fingerprint density at radius 2 is 1.68 bits per heavy atom. The summed E-state index contributed by atoms with van der Waals surface area (Å²) in [6.07, 6.45) is -2.71. The van der Waals surface area contributed by atoms with Gasteiger partial charge in [-0.05, 0) is 58.7 Å². The fourth-order valence-corrected chi connectivity index (χ4v) is 3.72. The number of halogens is 4. The van der Waals surface area contributed by atoms with Crippen molar-refractivity contribution in [2.75, 3.05) is 0 Å². The highest BCUT2D eigenvalue weighted by molar-refractivity contribution is 5.92. The van der Waals surface area contributed by atoms with E-state index in [2.05, 4.69) is 0 Å². The summed E-state index contributed by atoms with van der Waals surface area (Å²) in [7, 11) is 0. The minimum absolute atomic E-state index is 0.0152. The minimum atomic E-state index is -4.42. The zero-order valence-corrected chi connectivity index (χ0v) is 16.3. The summed E-state index contributed by atoms with van der Waals surface area (Å²) in [5.74, 6) is -0.883. The van der Waals surface area contributed by atoms with Gasteiger partial charge in [-0.15, -0.1) is 0 Å². The van der Waals surface area contributed by atoms with Crippen LogP contribution < -0.4 is 5.73 Å². The third-order valence-corrected chi connectivity index (χ3v) is 5.09. The molecular weight excluding hydrogens is 408 g/mol. The molecule has 3 nitrogen and oxygen atoms in total. The van der Waals surface area contributed by atoms with Gasteiger partial charge in [0, 0.05) is 23.6 Å². The lowest BCUT2D eigenvalue weighted by molar-refractivity contribution is -0.137. The number of benzene rings is 3. The van der Waals surface area contributed by atoms with E-state index in [1.54, 1.807) is 29.0 Å². The summed E-state index contributed by atoms with van der Waals surface area (Å²) in [6, 6.07) is 16.7. The number of amides is 1. The Bertz CT molecular complexity index is 1270. The maximum Gasteiger partial charge on any atom is 0.416 e. The van der Waals surface area contributed by atoms with Gasteiger partial charge in [0.15, 0.2) is 0 Å². The summed E-state index contributed by atoms with van der Waals surface area (Å²) < 4.78 is 54.6. The molecule has 7 heteroatoms. The van der Waals surface area contributed by atoms with Crippen molar-refractivity contribution in [3.63, 3.8) is 0 Å². The second-order valence-electron chi connectivity index (χ2n) is 7.37. The van der Waals surface area contributed by atoms with Gasteiger partial charge in [-0.1, -0.05) is 30.3 Å². The van der Waals surface area contributed by atoms with Gasteiger partial charge in [0.05, 0.1) is 12.0 Å². The zero-order chi connectivity index (χ0) is 22.2. The lowest BCUT2D eigenvalue weighted by atomic mass is 10.0. The van der Waals surface area contributed by atoms with Gasteiger partial charge in [0.25, 0.3) is 0 Å². The monoisotopic (exact) mass is 426 g/mol. The zero-order valence-electron chi connectivity index (χ0n) is 16.3. The Kier molecular flexibility index (Phi) is 5.27. The molecule has 0 unspecified atom stereocenters. The van der Waals surface area contributed by atoms with Crippen LogP contribution in [-0.4, -0.2) is 10.5 Å².